The zero-order valence-corrected chi connectivity index (χ0v) is 11.3. The fourth-order valence-corrected chi connectivity index (χ4v) is 2.46. The van der Waals surface area contributed by atoms with Gasteiger partial charge in [-0.25, -0.2) is 0 Å². The maximum Gasteiger partial charge on any atom is 0.258 e. The van der Waals surface area contributed by atoms with E-state index >= 15 is 0 Å². The van der Waals surface area contributed by atoms with Gasteiger partial charge >= 0.3 is 0 Å². The van der Waals surface area contributed by atoms with Crippen LogP contribution >= 0.6 is 0 Å². The van der Waals surface area contributed by atoms with Crippen molar-refractivity contribution in [2.75, 3.05) is 23.3 Å². The average molecular weight is 285 g/mol. The van der Waals surface area contributed by atoms with Crippen LogP contribution in [-0.2, 0) is 0 Å². The van der Waals surface area contributed by atoms with Gasteiger partial charge in [0.25, 0.3) is 11.5 Å². The third kappa shape index (κ3) is 2.60. The van der Waals surface area contributed by atoms with Crippen molar-refractivity contribution in [3.63, 3.8) is 0 Å². The summed E-state index contributed by atoms with van der Waals surface area (Å²) in [6.07, 6.45) is 0.801. The van der Waals surface area contributed by atoms with Crippen molar-refractivity contribution in [3.05, 3.63) is 52.3 Å². The van der Waals surface area contributed by atoms with Crippen molar-refractivity contribution in [3.8, 4) is 5.88 Å². The zero-order chi connectivity index (χ0) is 14.8. The fourth-order valence-electron chi connectivity index (χ4n) is 2.46. The first kappa shape index (κ1) is 13.2. The first-order chi connectivity index (χ1) is 10.1. The van der Waals surface area contributed by atoms with Crippen LogP contribution in [0.25, 0.3) is 0 Å². The highest BCUT2D eigenvalue weighted by atomic mass is 16.3. The monoisotopic (exact) mass is 285 g/mol. The van der Waals surface area contributed by atoms with Crippen LogP contribution in [-0.4, -0.2) is 29.1 Å². The third-order valence-electron chi connectivity index (χ3n) is 3.39. The lowest BCUT2D eigenvalue weighted by atomic mass is 10.2. The molecule has 2 aromatic rings. The van der Waals surface area contributed by atoms with Crippen LogP contribution in [0.1, 0.15) is 16.8 Å². The summed E-state index contributed by atoms with van der Waals surface area (Å²) in [6.45, 7) is 1.33. The summed E-state index contributed by atoms with van der Waals surface area (Å²) in [5, 5.41) is 12.7. The van der Waals surface area contributed by atoms with Gasteiger partial charge in [-0.05, 0) is 18.6 Å². The molecule has 0 saturated carbocycles. The molecule has 0 fully saturated rings. The van der Waals surface area contributed by atoms with Gasteiger partial charge in [-0.15, -0.1) is 0 Å². The SMILES string of the molecule is O=C(c1cc(O)[nH]c(=O)c1)N1CCCNc2ccccc21. The van der Waals surface area contributed by atoms with Crippen LogP contribution in [0.3, 0.4) is 0 Å². The number of anilines is 2. The van der Waals surface area contributed by atoms with E-state index in [1.807, 2.05) is 24.3 Å². The molecule has 0 saturated heterocycles. The summed E-state index contributed by atoms with van der Waals surface area (Å²) in [5.41, 5.74) is 1.34. The van der Waals surface area contributed by atoms with Crippen molar-refractivity contribution in [2.24, 2.45) is 0 Å². The number of aromatic amines is 1. The van der Waals surface area contributed by atoms with Crippen LogP contribution in [0.15, 0.2) is 41.2 Å². The van der Waals surface area contributed by atoms with Gasteiger partial charge in [-0.3, -0.25) is 14.6 Å². The van der Waals surface area contributed by atoms with E-state index in [1.165, 1.54) is 12.1 Å². The number of H-pyrrole nitrogens is 1. The van der Waals surface area contributed by atoms with Crippen LogP contribution < -0.4 is 15.8 Å². The predicted molar refractivity (Wildman–Crippen MR) is 80.0 cm³/mol. The molecular formula is C15H15N3O3. The molecule has 3 N–H and O–H groups in total. The Morgan fingerprint density at radius 1 is 1.24 bits per heavy atom. The van der Waals surface area contributed by atoms with Gasteiger partial charge < -0.3 is 15.3 Å². The minimum absolute atomic E-state index is 0.174. The number of carbonyl (C=O) groups excluding carboxylic acids is 1. The summed E-state index contributed by atoms with van der Waals surface area (Å²) in [6, 6.07) is 10.0. The van der Waals surface area contributed by atoms with E-state index in [2.05, 4.69) is 10.3 Å². The second-order valence-electron chi connectivity index (χ2n) is 4.87. The Balaban J connectivity index is 2.03. The Morgan fingerprint density at radius 2 is 2.05 bits per heavy atom. The largest absolute Gasteiger partial charge is 0.494 e. The number of hydrogen-bond acceptors (Lipinski definition) is 4. The number of aromatic nitrogens is 1. The van der Waals surface area contributed by atoms with Gasteiger partial charge in [0.1, 0.15) is 0 Å². The average Bonchev–Trinajstić information content (AvgIpc) is 2.68. The minimum atomic E-state index is -0.500. The Kier molecular flexibility index (Phi) is 3.35. The molecule has 1 aromatic heterocycles. The summed E-state index contributed by atoms with van der Waals surface area (Å²) in [5.74, 6) is -0.611. The molecule has 108 valence electrons. The highest BCUT2D eigenvalue weighted by Gasteiger charge is 2.22. The molecule has 0 spiro atoms. The van der Waals surface area contributed by atoms with Gasteiger partial charge in [-0.2, -0.15) is 0 Å². The Bertz CT molecular complexity index is 739. The molecular weight excluding hydrogens is 270 g/mol. The molecule has 1 amide bonds. The normalized spacial score (nSPS) is 14.0. The molecule has 0 atom stereocenters. The number of nitrogens with one attached hydrogen (secondary N) is 2. The van der Waals surface area contributed by atoms with E-state index in [9.17, 15) is 14.7 Å². The van der Waals surface area contributed by atoms with Gasteiger partial charge in [0, 0.05) is 25.2 Å². The standard InChI is InChI=1S/C15H15N3O3/c19-13-8-10(9-14(20)17-13)15(21)18-7-3-6-16-11-4-1-2-5-12(11)18/h1-2,4-5,8-9,16H,3,6-7H2,(H2,17,19,20). The highest BCUT2D eigenvalue weighted by molar-refractivity contribution is 6.08. The van der Waals surface area contributed by atoms with Crippen molar-refractivity contribution in [1.29, 1.82) is 0 Å². The fraction of sp³-hybridized carbons (Fsp3) is 0.200. The second kappa shape index (κ2) is 5.32. The maximum absolute atomic E-state index is 12.7. The quantitative estimate of drug-likeness (QED) is 0.742. The van der Waals surface area contributed by atoms with Gasteiger partial charge in [0.2, 0.25) is 0 Å². The van der Waals surface area contributed by atoms with Crippen molar-refractivity contribution < 1.29 is 9.90 Å². The highest BCUT2D eigenvalue weighted by Crippen LogP contribution is 2.29. The third-order valence-corrected chi connectivity index (χ3v) is 3.39. The van der Waals surface area contributed by atoms with E-state index in [0.29, 0.717) is 6.54 Å². The van der Waals surface area contributed by atoms with E-state index < -0.39 is 5.56 Å². The molecule has 1 aliphatic heterocycles. The van der Waals surface area contributed by atoms with Crippen molar-refractivity contribution in [2.45, 2.75) is 6.42 Å². The molecule has 1 aliphatic rings. The van der Waals surface area contributed by atoms with E-state index in [4.69, 9.17) is 0 Å². The van der Waals surface area contributed by atoms with Crippen LogP contribution in [0.5, 0.6) is 5.88 Å². The molecule has 3 rings (SSSR count). The summed E-state index contributed by atoms with van der Waals surface area (Å²) in [7, 11) is 0. The van der Waals surface area contributed by atoms with Gasteiger partial charge in [0.05, 0.1) is 16.9 Å². The number of carbonyl (C=O) groups is 1. The van der Waals surface area contributed by atoms with Crippen LogP contribution in [0.2, 0.25) is 0 Å². The van der Waals surface area contributed by atoms with E-state index in [0.717, 1.165) is 24.3 Å². The van der Waals surface area contributed by atoms with Gasteiger partial charge in [-0.1, -0.05) is 12.1 Å². The number of para-hydroxylation sites is 2. The first-order valence-corrected chi connectivity index (χ1v) is 6.73. The number of pyridine rings is 1. The Morgan fingerprint density at radius 3 is 2.86 bits per heavy atom. The van der Waals surface area contributed by atoms with Crippen LogP contribution in [0, 0.1) is 0 Å². The molecule has 0 aliphatic carbocycles. The smallest absolute Gasteiger partial charge is 0.258 e. The lowest BCUT2D eigenvalue weighted by molar-refractivity contribution is 0.0986. The predicted octanol–water partition coefficient (Wildman–Crippen LogP) is 1.54. The molecule has 21 heavy (non-hydrogen) atoms. The molecule has 0 bridgehead atoms. The summed E-state index contributed by atoms with van der Waals surface area (Å²) >= 11 is 0. The Labute approximate surface area is 121 Å². The molecule has 2 heterocycles. The number of benzene rings is 1. The van der Waals surface area contributed by atoms with Crippen molar-refractivity contribution >= 4 is 17.3 Å². The first-order valence-electron chi connectivity index (χ1n) is 6.73. The molecule has 6 heteroatoms. The minimum Gasteiger partial charge on any atom is -0.494 e. The second-order valence-corrected chi connectivity index (χ2v) is 4.87. The number of nitrogens with zero attached hydrogens (tertiary/aromatic N) is 1. The number of fused-ring (bicyclic) bond motifs is 1. The van der Waals surface area contributed by atoms with Crippen LogP contribution in [0.4, 0.5) is 11.4 Å². The zero-order valence-electron chi connectivity index (χ0n) is 11.3. The van der Waals surface area contributed by atoms with E-state index in [1.54, 1.807) is 4.90 Å². The van der Waals surface area contributed by atoms with Gasteiger partial charge in [0.15, 0.2) is 5.88 Å². The topological polar surface area (TPSA) is 85.4 Å². The summed E-state index contributed by atoms with van der Waals surface area (Å²) < 4.78 is 0. The number of amides is 1. The molecule has 0 unspecified atom stereocenters. The number of hydrogen-bond donors (Lipinski definition) is 3. The maximum atomic E-state index is 12.7. The summed E-state index contributed by atoms with van der Waals surface area (Å²) in [4.78, 5) is 27.9. The lowest BCUT2D eigenvalue weighted by Gasteiger charge is -2.22. The molecule has 1 aromatic carbocycles. The van der Waals surface area contributed by atoms with E-state index in [-0.39, 0.29) is 17.4 Å². The molecule has 0 radical (unpaired) electrons. The number of aromatic hydroxyl groups is 1. The van der Waals surface area contributed by atoms with Crippen molar-refractivity contribution in [1.82, 2.24) is 4.98 Å². The number of rotatable bonds is 1. The molecule has 6 nitrogen and oxygen atoms in total. The Hall–Kier alpha value is -2.76. The lowest BCUT2D eigenvalue weighted by Crippen LogP contribution is -2.32.